The predicted octanol–water partition coefficient (Wildman–Crippen LogP) is 0.483. The molecule has 0 atom stereocenters. The van der Waals surface area contributed by atoms with E-state index >= 15 is 0 Å². The molecule has 0 aliphatic carbocycles. The molecule has 0 unspecified atom stereocenters. The molecule has 1 amide bonds. The molecule has 1 aromatic heterocycles. The first-order valence-electron chi connectivity index (χ1n) is 6.85. The van der Waals surface area contributed by atoms with Crippen molar-refractivity contribution in [1.29, 1.82) is 0 Å². The molecule has 2 N–H and O–H groups in total. The molecular formula is C13H20N4O2. The summed E-state index contributed by atoms with van der Waals surface area (Å²) in [7, 11) is 2.10. The Morgan fingerprint density at radius 2 is 2.11 bits per heavy atom. The van der Waals surface area contributed by atoms with E-state index < -0.39 is 0 Å². The lowest BCUT2D eigenvalue weighted by Crippen LogP contribution is -2.43. The first kappa shape index (κ1) is 12.5. The average molecular weight is 264 g/mol. The quantitative estimate of drug-likeness (QED) is 0.798. The Kier molecular flexibility index (Phi) is 3.18. The van der Waals surface area contributed by atoms with Gasteiger partial charge in [-0.2, -0.15) is 4.98 Å². The van der Waals surface area contributed by atoms with E-state index in [2.05, 4.69) is 16.9 Å². The van der Waals surface area contributed by atoms with Gasteiger partial charge in [-0.1, -0.05) is 0 Å². The number of hydrogen-bond acceptors (Lipinski definition) is 5. The smallest absolute Gasteiger partial charge is 0.292 e. The molecule has 1 aromatic rings. The topological polar surface area (TPSA) is 75.6 Å². The highest BCUT2D eigenvalue weighted by Gasteiger charge is 2.31. The number of amides is 1. The normalized spacial score (nSPS) is 21.4. The van der Waals surface area contributed by atoms with Gasteiger partial charge >= 0.3 is 0 Å². The number of anilines is 1. The summed E-state index contributed by atoms with van der Waals surface area (Å²) in [6, 6.07) is 0.207. The van der Waals surface area contributed by atoms with Crippen molar-refractivity contribution >= 4 is 11.9 Å². The Hall–Kier alpha value is -1.56. The number of rotatable bonds is 1. The van der Waals surface area contributed by atoms with Crippen molar-refractivity contribution in [1.82, 2.24) is 14.8 Å². The van der Waals surface area contributed by atoms with Gasteiger partial charge in [-0.3, -0.25) is 4.79 Å². The van der Waals surface area contributed by atoms with Crippen LogP contribution in [0.1, 0.15) is 24.3 Å². The van der Waals surface area contributed by atoms with E-state index in [0.717, 1.165) is 50.4 Å². The van der Waals surface area contributed by atoms with Gasteiger partial charge in [0.2, 0.25) is 5.91 Å². The Morgan fingerprint density at radius 1 is 1.37 bits per heavy atom. The zero-order valence-electron chi connectivity index (χ0n) is 11.3. The first-order valence-corrected chi connectivity index (χ1v) is 6.85. The van der Waals surface area contributed by atoms with Crippen LogP contribution in [0.25, 0.3) is 0 Å². The average Bonchev–Trinajstić information content (AvgIpc) is 2.77. The number of carbonyl (C=O) groups excluding carboxylic acids is 1. The molecule has 19 heavy (non-hydrogen) atoms. The van der Waals surface area contributed by atoms with Gasteiger partial charge in [-0.15, -0.1) is 0 Å². The van der Waals surface area contributed by atoms with Crippen molar-refractivity contribution in [3.8, 4) is 0 Å². The van der Waals surface area contributed by atoms with Crippen LogP contribution in [0, 0.1) is 5.92 Å². The summed E-state index contributed by atoms with van der Waals surface area (Å²) in [5.41, 5.74) is 6.46. The minimum Gasteiger partial charge on any atom is -0.427 e. The maximum Gasteiger partial charge on any atom is 0.292 e. The number of fused-ring (bicyclic) bond motifs is 1. The molecule has 104 valence electrons. The molecule has 0 aromatic carbocycles. The summed E-state index contributed by atoms with van der Waals surface area (Å²) < 4.78 is 5.36. The maximum atomic E-state index is 12.5. The van der Waals surface area contributed by atoms with Gasteiger partial charge in [0.05, 0.1) is 12.2 Å². The van der Waals surface area contributed by atoms with E-state index in [0.29, 0.717) is 6.54 Å². The van der Waals surface area contributed by atoms with E-state index in [9.17, 15) is 4.79 Å². The minimum atomic E-state index is 0.165. The van der Waals surface area contributed by atoms with Crippen molar-refractivity contribution in [3.05, 3.63) is 11.5 Å². The number of piperidine rings is 1. The summed E-state index contributed by atoms with van der Waals surface area (Å²) in [4.78, 5) is 20.8. The second kappa shape index (κ2) is 4.85. The van der Waals surface area contributed by atoms with Crippen molar-refractivity contribution in [3.63, 3.8) is 0 Å². The summed E-state index contributed by atoms with van der Waals surface area (Å²) in [6.07, 6.45) is 2.66. The molecule has 0 saturated carbocycles. The standard InChI is InChI=1S/C13H20N4O2/c1-16-5-2-9(3-6-16)12(18)17-7-4-10-11(8-17)19-13(14)15-10/h9H,2-8H2,1H3,(H2,14,15). The van der Waals surface area contributed by atoms with E-state index in [1.807, 2.05) is 4.90 Å². The summed E-state index contributed by atoms with van der Waals surface area (Å²) in [5, 5.41) is 0. The lowest BCUT2D eigenvalue weighted by Gasteiger charge is -2.33. The summed E-state index contributed by atoms with van der Waals surface area (Å²) in [5.74, 6) is 1.18. The molecule has 0 bridgehead atoms. The fourth-order valence-electron chi connectivity index (χ4n) is 2.92. The van der Waals surface area contributed by atoms with Crippen molar-refractivity contribution in [2.24, 2.45) is 5.92 Å². The van der Waals surface area contributed by atoms with Crippen LogP contribution >= 0.6 is 0 Å². The molecule has 1 saturated heterocycles. The van der Waals surface area contributed by atoms with Crippen LogP contribution in [-0.4, -0.2) is 47.4 Å². The number of carbonyl (C=O) groups is 1. The molecule has 2 aliphatic heterocycles. The lowest BCUT2D eigenvalue weighted by molar-refractivity contribution is -0.138. The lowest BCUT2D eigenvalue weighted by atomic mass is 9.95. The highest BCUT2D eigenvalue weighted by atomic mass is 16.4. The van der Waals surface area contributed by atoms with Crippen molar-refractivity contribution in [2.45, 2.75) is 25.8 Å². The predicted molar refractivity (Wildman–Crippen MR) is 70.3 cm³/mol. The van der Waals surface area contributed by atoms with Crippen LogP contribution < -0.4 is 5.73 Å². The van der Waals surface area contributed by atoms with E-state index in [1.165, 1.54) is 0 Å². The number of hydrogen-bond donors (Lipinski definition) is 1. The highest BCUT2D eigenvalue weighted by Crippen LogP contribution is 2.25. The van der Waals surface area contributed by atoms with Gasteiger partial charge in [-0.05, 0) is 33.0 Å². The third kappa shape index (κ3) is 2.45. The van der Waals surface area contributed by atoms with Gasteiger partial charge in [0.1, 0.15) is 5.76 Å². The third-order valence-corrected chi connectivity index (χ3v) is 4.13. The number of oxazole rings is 1. The van der Waals surface area contributed by atoms with Gasteiger partial charge in [-0.25, -0.2) is 0 Å². The van der Waals surface area contributed by atoms with Gasteiger partial charge in [0, 0.05) is 18.9 Å². The van der Waals surface area contributed by atoms with Crippen LogP contribution in [0.5, 0.6) is 0 Å². The fraction of sp³-hybridized carbons (Fsp3) is 0.692. The van der Waals surface area contributed by atoms with E-state index in [1.54, 1.807) is 0 Å². The molecule has 0 radical (unpaired) electrons. The third-order valence-electron chi connectivity index (χ3n) is 4.13. The second-order valence-corrected chi connectivity index (χ2v) is 5.51. The van der Waals surface area contributed by atoms with Crippen LogP contribution in [0.15, 0.2) is 4.42 Å². The van der Waals surface area contributed by atoms with Crippen LogP contribution in [0.3, 0.4) is 0 Å². The van der Waals surface area contributed by atoms with Gasteiger partial charge in [0.15, 0.2) is 0 Å². The van der Waals surface area contributed by atoms with E-state index in [4.69, 9.17) is 10.2 Å². The van der Waals surface area contributed by atoms with Crippen LogP contribution in [0.2, 0.25) is 0 Å². The number of nitrogen functional groups attached to an aromatic ring is 1. The molecule has 3 rings (SSSR count). The molecule has 6 nitrogen and oxygen atoms in total. The number of nitrogens with zero attached hydrogens (tertiary/aromatic N) is 3. The monoisotopic (exact) mass is 264 g/mol. The Balaban J connectivity index is 1.66. The second-order valence-electron chi connectivity index (χ2n) is 5.51. The number of nitrogens with two attached hydrogens (primary N) is 1. The summed E-state index contributed by atoms with van der Waals surface area (Å²) in [6.45, 7) is 3.25. The van der Waals surface area contributed by atoms with Crippen molar-refractivity contribution < 1.29 is 9.21 Å². The molecule has 3 heterocycles. The zero-order valence-corrected chi connectivity index (χ0v) is 11.3. The molecule has 2 aliphatic rings. The first-order chi connectivity index (χ1) is 9.13. The zero-order chi connectivity index (χ0) is 13.4. The maximum absolute atomic E-state index is 12.5. The Bertz CT molecular complexity index is 477. The minimum absolute atomic E-state index is 0.165. The Morgan fingerprint density at radius 3 is 2.84 bits per heavy atom. The molecule has 0 spiro atoms. The molecular weight excluding hydrogens is 244 g/mol. The van der Waals surface area contributed by atoms with Gasteiger partial charge < -0.3 is 20.0 Å². The molecule has 6 heteroatoms. The SMILES string of the molecule is CN1CCC(C(=O)N2CCc3nc(N)oc3C2)CC1. The highest BCUT2D eigenvalue weighted by molar-refractivity contribution is 5.79. The number of likely N-dealkylation sites (tertiary alicyclic amines) is 1. The fourth-order valence-corrected chi connectivity index (χ4v) is 2.92. The van der Waals surface area contributed by atoms with Crippen LogP contribution in [-0.2, 0) is 17.8 Å². The van der Waals surface area contributed by atoms with Crippen molar-refractivity contribution in [2.75, 3.05) is 32.4 Å². The Labute approximate surface area is 112 Å². The van der Waals surface area contributed by atoms with Crippen LogP contribution in [0.4, 0.5) is 6.01 Å². The molecule has 1 fully saturated rings. The largest absolute Gasteiger partial charge is 0.427 e. The van der Waals surface area contributed by atoms with Gasteiger partial charge in [0.25, 0.3) is 6.01 Å². The summed E-state index contributed by atoms with van der Waals surface area (Å²) >= 11 is 0. The number of aromatic nitrogens is 1. The van der Waals surface area contributed by atoms with E-state index in [-0.39, 0.29) is 17.8 Å².